The van der Waals surface area contributed by atoms with Crippen molar-refractivity contribution in [2.45, 2.75) is 6.92 Å². The standard InChI is InChI=1S/C21H18N2O4/c1-13(14-3-4-16-10-18(25-2)7-5-15(16)9-14)22-23-21(24)17-6-8-19-20(11-17)27-12-26-19/h3-11H,12H2,1-2H3,(H,23,24). The maximum absolute atomic E-state index is 12.3. The highest BCUT2D eigenvalue weighted by molar-refractivity contribution is 6.03. The second-order valence-corrected chi connectivity index (χ2v) is 6.13. The molecular formula is C21H18N2O4. The number of carbonyl (C=O) groups excluding carboxylic acids is 1. The molecule has 27 heavy (non-hydrogen) atoms. The third kappa shape index (κ3) is 3.42. The van der Waals surface area contributed by atoms with Crippen molar-refractivity contribution in [3.8, 4) is 17.2 Å². The Balaban J connectivity index is 1.51. The number of fused-ring (bicyclic) bond motifs is 2. The fourth-order valence-electron chi connectivity index (χ4n) is 2.88. The summed E-state index contributed by atoms with van der Waals surface area (Å²) in [6.07, 6.45) is 0. The van der Waals surface area contributed by atoms with Crippen molar-refractivity contribution in [3.63, 3.8) is 0 Å². The van der Waals surface area contributed by atoms with Crippen LogP contribution in [0.2, 0.25) is 0 Å². The SMILES string of the molecule is COc1ccc2cc(C(C)=NNC(=O)c3ccc4c(c3)OCO4)ccc2c1. The molecule has 1 amide bonds. The van der Waals surface area contributed by atoms with Crippen LogP contribution in [0.4, 0.5) is 0 Å². The van der Waals surface area contributed by atoms with E-state index in [1.807, 2.05) is 43.3 Å². The molecule has 6 heteroatoms. The van der Waals surface area contributed by atoms with E-state index in [1.54, 1.807) is 25.3 Å². The van der Waals surface area contributed by atoms with Crippen LogP contribution in [0.25, 0.3) is 10.8 Å². The van der Waals surface area contributed by atoms with Crippen molar-refractivity contribution >= 4 is 22.4 Å². The van der Waals surface area contributed by atoms with Gasteiger partial charge in [0.25, 0.3) is 5.91 Å². The van der Waals surface area contributed by atoms with Gasteiger partial charge in [0.15, 0.2) is 11.5 Å². The zero-order chi connectivity index (χ0) is 18.8. The fourth-order valence-corrected chi connectivity index (χ4v) is 2.88. The highest BCUT2D eigenvalue weighted by Gasteiger charge is 2.16. The fraction of sp³-hybridized carbons (Fsp3) is 0.143. The first-order valence-electron chi connectivity index (χ1n) is 8.46. The van der Waals surface area contributed by atoms with Crippen LogP contribution in [-0.2, 0) is 0 Å². The largest absolute Gasteiger partial charge is 0.497 e. The normalized spacial score (nSPS) is 12.9. The van der Waals surface area contributed by atoms with Gasteiger partial charge < -0.3 is 14.2 Å². The van der Waals surface area contributed by atoms with E-state index in [1.165, 1.54) is 0 Å². The van der Waals surface area contributed by atoms with Crippen LogP contribution in [0, 0.1) is 0 Å². The monoisotopic (exact) mass is 362 g/mol. The third-order valence-corrected chi connectivity index (χ3v) is 4.43. The molecule has 0 atom stereocenters. The molecule has 0 aliphatic carbocycles. The summed E-state index contributed by atoms with van der Waals surface area (Å²) in [5.74, 6) is 1.71. The van der Waals surface area contributed by atoms with E-state index >= 15 is 0 Å². The zero-order valence-electron chi connectivity index (χ0n) is 15.0. The predicted octanol–water partition coefficient (Wildman–Crippen LogP) is 3.73. The Morgan fingerprint density at radius 2 is 1.70 bits per heavy atom. The number of carbonyl (C=O) groups is 1. The number of hydrogen-bond donors (Lipinski definition) is 1. The van der Waals surface area contributed by atoms with Crippen LogP contribution >= 0.6 is 0 Å². The van der Waals surface area contributed by atoms with Crippen LogP contribution in [0.5, 0.6) is 17.2 Å². The van der Waals surface area contributed by atoms with Gasteiger partial charge in [-0.25, -0.2) is 5.43 Å². The number of benzene rings is 3. The maximum atomic E-state index is 12.3. The van der Waals surface area contributed by atoms with Gasteiger partial charge in [-0.15, -0.1) is 0 Å². The lowest BCUT2D eigenvalue weighted by atomic mass is 10.0. The lowest BCUT2D eigenvalue weighted by molar-refractivity contribution is 0.0954. The summed E-state index contributed by atoms with van der Waals surface area (Å²) in [7, 11) is 1.65. The summed E-state index contributed by atoms with van der Waals surface area (Å²) in [6, 6.07) is 16.9. The Kier molecular flexibility index (Phi) is 4.38. The molecule has 6 nitrogen and oxygen atoms in total. The van der Waals surface area contributed by atoms with E-state index in [0.717, 1.165) is 22.1 Å². The highest BCUT2D eigenvalue weighted by atomic mass is 16.7. The van der Waals surface area contributed by atoms with Gasteiger partial charge in [0.2, 0.25) is 6.79 Å². The smallest absolute Gasteiger partial charge is 0.271 e. The van der Waals surface area contributed by atoms with E-state index in [0.29, 0.717) is 22.8 Å². The van der Waals surface area contributed by atoms with Crippen molar-refractivity contribution in [2.75, 3.05) is 13.9 Å². The van der Waals surface area contributed by atoms with E-state index < -0.39 is 0 Å². The second-order valence-electron chi connectivity index (χ2n) is 6.13. The summed E-state index contributed by atoms with van der Waals surface area (Å²) in [4.78, 5) is 12.3. The third-order valence-electron chi connectivity index (χ3n) is 4.43. The van der Waals surface area contributed by atoms with E-state index in [4.69, 9.17) is 14.2 Å². The molecule has 1 N–H and O–H groups in total. The van der Waals surface area contributed by atoms with Gasteiger partial charge in [0.1, 0.15) is 5.75 Å². The zero-order valence-corrected chi connectivity index (χ0v) is 15.0. The summed E-state index contributed by atoms with van der Waals surface area (Å²) >= 11 is 0. The number of nitrogens with one attached hydrogen (secondary N) is 1. The van der Waals surface area contributed by atoms with Crippen LogP contribution < -0.4 is 19.6 Å². The number of hydrogen-bond acceptors (Lipinski definition) is 5. The van der Waals surface area contributed by atoms with E-state index in [2.05, 4.69) is 10.5 Å². The van der Waals surface area contributed by atoms with Crippen LogP contribution in [0.15, 0.2) is 59.7 Å². The second kappa shape index (κ2) is 6.99. The molecule has 3 aromatic rings. The van der Waals surface area contributed by atoms with Crippen LogP contribution in [-0.4, -0.2) is 25.5 Å². The maximum Gasteiger partial charge on any atom is 0.271 e. The molecule has 1 heterocycles. The Hall–Kier alpha value is -3.54. The Labute approximate surface area is 156 Å². The summed E-state index contributed by atoms with van der Waals surface area (Å²) < 4.78 is 15.8. The van der Waals surface area contributed by atoms with Gasteiger partial charge in [-0.2, -0.15) is 5.10 Å². The average molecular weight is 362 g/mol. The van der Waals surface area contributed by atoms with Crippen molar-refractivity contribution < 1.29 is 19.0 Å². The summed E-state index contributed by atoms with van der Waals surface area (Å²) in [5, 5.41) is 6.38. The molecule has 0 saturated heterocycles. The first-order chi connectivity index (χ1) is 13.1. The first-order valence-corrected chi connectivity index (χ1v) is 8.46. The molecule has 0 bridgehead atoms. The molecular weight excluding hydrogens is 344 g/mol. The highest BCUT2D eigenvalue weighted by Crippen LogP contribution is 2.32. The predicted molar refractivity (Wildman–Crippen MR) is 103 cm³/mol. The molecule has 1 aliphatic rings. The summed E-state index contributed by atoms with van der Waals surface area (Å²) in [6.45, 7) is 2.02. The first kappa shape index (κ1) is 16.9. The minimum atomic E-state index is -0.307. The van der Waals surface area contributed by atoms with Crippen molar-refractivity contribution in [1.29, 1.82) is 0 Å². The molecule has 0 spiro atoms. The van der Waals surface area contributed by atoms with Gasteiger partial charge in [-0.05, 0) is 59.7 Å². The van der Waals surface area contributed by atoms with E-state index in [9.17, 15) is 4.79 Å². The number of amides is 1. The van der Waals surface area contributed by atoms with Gasteiger partial charge in [-0.3, -0.25) is 4.79 Å². The van der Waals surface area contributed by atoms with Gasteiger partial charge >= 0.3 is 0 Å². The Bertz CT molecular complexity index is 1060. The Morgan fingerprint density at radius 3 is 2.56 bits per heavy atom. The lowest BCUT2D eigenvalue weighted by Crippen LogP contribution is -2.19. The minimum absolute atomic E-state index is 0.172. The quantitative estimate of drug-likeness (QED) is 0.567. The topological polar surface area (TPSA) is 69.2 Å². The number of hydrazone groups is 1. The number of nitrogens with zero attached hydrogens (tertiary/aromatic N) is 1. The van der Waals surface area contributed by atoms with Gasteiger partial charge in [0, 0.05) is 5.56 Å². The van der Waals surface area contributed by atoms with Crippen molar-refractivity contribution in [2.24, 2.45) is 5.10 Å². The molecule has 0 radical (unpaired) electrons. The lowest BCUT2D eigenvalue weighted by Gasteiger charge is -2.06. The molecule has 0 saturated carbocycles. The molecule has 0 aromatic heterocycles. The number of rotatable bonds is 4. The molecule has 0 fully saturated rings. The molecule has 3 aromatic carbocycles. The average Bonchev–Trinajstić information content (AvgIpc) is 3.18. The van der Waals surface area contributed by atoms with E-state index in [-0.39, 0.29) is 12.7 Å². The van der Waals surface area contributed by atoms with Crippen LogP contribution in [0.3, 0.4) is 0 Å². The minimum Gasteiger partial charge on any atom is -0.497 e. The molecule has 136 valence electrons. The number of methoxy groups -OCH3 is 1. The van der Waals surface area contributed by atoms with Gasteiger partial charge in [0.05, 0.1) is 12.8 Å². The van der Waals surface area contributed by atoms with Crippen LogP contribution in [0.1, 0.15) is 22.8 Å². The molecule has 1 aliphatic heterocycles. The van der Waals surface area contributed by atoms with Crippen molar-refractivity contribution in [3.05, 3.63) is 65.7 Å². The summed E-state index contributed by atoms with van der Waals surface area (Å²) in [5.41, 5.74) is 4.69. The number of ether oxygens (including phenoxy) is 3. The van der Waals surface area contributed by atoms with Crippen molar-refractivity contribution in [1.82, 2.24) is 5.43 Å². The molecule has 0 unspecified atom stereocenters. The molecule has 4 rings (SSSR count). The Morgan fingerprint density at radius 1 is 0.963 bits per heavy atom. The van der Waals surface area contributed by atoms with Gasteiger partial charge in [-0.1, -0.05) is 18.2 Å².